The molecule has 0 radical (unpaired) electrons. The Morgan fingerprint density at radius 1 is 1.55 bits per heavy atom. The van der Waals surface area contributed by atoms with Crippen molar-refractivity contribution in [1.29, 1.82) is 0 Å². The number of aliphatic hydroxyl groups excluding tert-OH is 1. The van der Waals surface area contributed by atoms with E-state index in [9.17, 15) is 5.11 Å². The summed E-state index contributed by atoms with van der Waals surface area (Å²) in [6, 6.07) is 0. The summed E-state index contributed by atoms with van der Waals surface area (Å²) in [5.74, 6) is 0.219. The van der Waals surface area contributed by atoms with Crippen LogP contribution in [0.2, 0.25) is 0 Å². The normalized spacial score (nSPS) is 16.6. The van der Waals surface area contributed by atoms with E-state index in [1.165, 1.54) is 0 Å². The molecule has 1 N–H and O–H groups in total. The van der Waals surface area contributed by atoms with Gasteiger partial charge in [0.15, 0.2) is 0 Å². The minimum Gasteiger partial charge on any atom is -0.393 e. The SMILES string of the molecule is C=CC(CC=CC)C(O)CC. The average Bonchev–Trinajstić information content (AvgIpc) is 2.05. The Morgan fingerprint density at radius 3 is 2.55 bits per heavy atom. The molecule has 0 spiro atoms. The lowest BCUT2D eigenvalue weighted by Crippen LogP contribution is -2.16. The third-order valence-corrected chi connectivity index (χ3v) is 1.86. The maximum Gasteiger partial charge on any atom is 0.0603 e. The molecular formula is C10H18O. The van der Waals surface area contributed by atoms with Crippen LogP contribution in [-0.2, 0) is 0 Å². The van der Waals surface area contributed by atoms with E-state index in [-0.39, 0.29) is 12.0 Å². The Kier molecular flexibility index (Phi) is 5.86. The number of hydrogen-bond donors (Lipinski definition) is 1. The second-order valence-corrected chi connectivity index (χ2v) is 2.68. The molecule has 2 atom stereocenters. The van der Waals surface area contributed by atoms with Gasteiger partial charge < -0.3 is 5.11 Å². The van der Waals surface area contributed by atoms with E-state index >= 15 is 0 Å². The lowest BCUT2D eigenvalue weighted by Gasteiger charge is -2.15. The highest BCUT2D eigenvalue weighted by Gasteiger charge is 2.11. The van der Waals surface area contributed by atoms with Crippen molar-refractivity contribution in [3.63, 3.8) is 0 Å². The number of rotatable bonds is 5. The monoisotopic (exact) mass is 154 g/mol. The molecule has 0 aliphatic rings. The van der Waals surface area contributed by atoms with E-state index in [4.69, 9.17) is 0 Å². The smallest absolute Gasteiger partial charge is 0.0603 e. The molecule has 0 saturated carbocycles. The molecule has 0 heterocycles. The summed E-state index contributed by atoms with van der Waals surface area (Å²) in [5.41, 5.74) is 0. The largest absolute Gasteiger partial charge is 0.393 e. The van der Waals surface area contributed by atoms with Crippen molar-refractivity contribution in [3.8, 4) is 0 Å². The van der Waals surface area contributed by atoms with Gasteiger partial charge in [0.1, 0.15) is 0 Å². The molecule has 64 valence electrons. The van der Waals surface area contributed by atoms with Crippen LogP contribution in [0.1, 0.15) is 26.7 Å². The van der Waals surface area contributed by atoms with Crippen LogP contribution < -0.4 is 0 Å². The molecule has 0 aliphatic heterocycles. The van der Waals surface area contributed by atoms with Crippen LogP contribution in [0.4, 0.5) is 0 Å². The predicted octanol–water partition coefficient (Wildman–Crippen LogP) is 2.53. The molecule has 0 amide bonds. The fourth-order valence-electron chi connectivity index (χ4n) is 1.01. The van der Waals surface area contributed by atoms with Crippen LogP contribution in [0.3, 0.4) is 0 Å². The van der Waals surface area contributed by atoms with Crippen molar-refractivity contribution in [2.24, 2.45) is 5.92 Å². The van der Waals surface area contributed by atoms with E-state index in [0.29, 0.717) is 0 Å². The highest BCUT2D eigenvalue weighted by atomic mass is 16.3. The van der Waals surface area contributed by atoms with E-state index in [1.807, 2.05) is 26.0 Å². The molecule has 0 aromatic carbocycles. The van der Waals surface area contributed by atoms with Gasteiger partial charge in [-0.15, -0.1) is 6.58 Å². The Bertz CT molecular complexity index is 127. The van der Waals surface area contributed by atoms with Crippen LogP contribution in [0.5, 0.6) is 0 Å². The van der Waals surface area contributed by atoms with Gasteiger partial charge in [-0.2, -0.15) is 0 Å². The molecule has 2 unspecified atom stereocenters. The fraction of sp³-hybridized carbons (Fsp3) is 0.600. The van der Waals surface area contributed by atoms with Crippen LogP contribution in [0, 0.1) is 5.92 Å². The van der Waals surface area contributed by atoms with Gasteiger partial charge in [0, 0.05) is 5.92 Å². The Hall–Kier alpha value is -0.560. The molecule has 0 aromatic rings. The molecule has 11 heavy (non-hydrogen) atoms. The van der Waals surface area contributed by atoms with Crippen LogP contribution in [-0.4, -0.2) is 11.2 Å². The topological polar surface area (TPSA) is 20.2 Å². The number of allylic oxidation sites excluding steroid dienone is 2. The quantitative estimate of drug-likeness (QED) is 0.603. The Balaban J connectivity index is 3.83. The lowest BCUT2D eigenvalue weighted by atomic mass is 9.97. The zero-order valence-corrected chi connectivity index (χ0v) is 7.46. The Labute approximate surface area is 69.4 Å². The van der Waals surface area contributed by atoms with Crippen LogP contribution in [0.25, 0.3) is 0 Å². The van der Waals surface area contributed by atoms with E-state index in [2.05, 4.69) is 12.7 Å². The molecular weight excluding hydrogens is 136 g/mol. The summed E-state index contributed by atoms with van der Waals surface area (Å²) < 4.78 is 0. The number of hydrogen-bond acceptors (Lipinski definition) is 1. The summed E-state index contributed by atoms with van der Waals surface area (Å²) in [5, 5.41) is 9.44. The second-order valence-electron chi connectivity index (χ2n) is 2.68. The van der Waals surface area contributed by atoms with Crippen molar-refractivity contribution >= 4 is 0 Å². The van der Waals surface area contributed by atoms with Gasteiger partial charge in [-0.1, -0.05) is 25.2 Å². The summed E-state index contributed by atoms with van der Waals surface area (Å²) in [7, 11) is 0. The zero-order chi connectivity index (χ0) is 8.69. The lowest BCUT2D eigenvalue weighted by molar-refractivity contribution is 0.127. The van der Waals surface area contributed by atoms with E-state index < -0.39 is 0 Å². The van der Waals surface area contributed by atoms with Gasteiger partial charge >= 0.3 is 0 Å². The van der Waals surface area contributed by atoms with Gasteiger partial charge in [0.05, 0.1) is 6.10 Å². The molecule has 0 bridgehead atoms. The molecule has 0 rings (SSSR count). The average molecular weight is 154 g/mol. The third-order valence-electron chi connectivity index (χ3n) is 1.86. The van der Waals surface area contributed by atoms with Gasteiger partial charge in [-0.3, -0.25) is 0 Å². The minimum atomic E-state index is -0.233. The standard InChI is InChI=1S/C10H18O/c1-4-7-8-9(5-2)10(11)6-3/h4-5,7,9-11H,2,6,8H2,1,3H3. The maximum atomic E-state index is 9.44. The van der Waals surface area contributed by atoms with Gasteiger partial charge in [0.2, 0.25) is 0 Å². The van der Waals surface area contributed by atoms with Crippen molar-refractivity contribution < 1.29 is 5.11 Å². The van der Waals surface area contributed by atoms with Crippen molar-refractivity contribution in [3.05, 3.63) is 24.8 Å². The van der Waals surface area contributed by atoms with Crippen molar-refractivity contribution in [2.45, 2.75) is 32.8 Å². The molecule has 0 saturated heterocycles. The number of aliphatic hydroxyl groups is 1. The van der Waals surface area contributed by atoms with Crippen molar-refractivity contribution in [1.82, 2.24) is 0 Å². The summed E-state index contributed by atoms with van der Waals surface area (Å²) in [4.78, 5) is 0. The molecule has 1 nitrogen and oxygen atoms in total. The molecule has 0 fully saturated rings. The highest BCUT2D eigenvalue weighted by molar-refractivity contribution is 4.91. The van der Waals surface area contributed by atoms with Gasteiger partial charge in [-0.05, 0) is 19.8 Å². The first-order valence-electron chi connectivity index (χ1n) is 4.18. The first-order valence-corrected chi connectivity index (χ1v) is 4.18. The summed E-state index contributed by atoms with van der Waals surface area (Å²) >= 11 is 0. The van der Waals surface area contributed by atoms with Crippen molar-refractivity contribution in [2.75, 3.05) is 0 Å². The van der Waals surface area contributed by atoms with Crippen LogP contribution in [0.15, 0.2) is 24.8 Å². The minimum absolute atomic E-state index is 0.219. The first-order chi connectivity index (χ1) is 5.26. The van der Waals surface area contributed by atoms with E-state index in [1.54, 1.807) is 0 Å². The fourth-order valence-corrected chi connectivity index (χ4v) is 1.01. The molecule has 0 aliphatic carbocycles. The molecule has 0 aromatic heterocycles. The highest BCUT2D eigenvalue weighted by Crippen LogP contribution is 2.13. The summed E-state index contributed by atoms with van der Waals surface area (Å²) in [6.45, 7) is 7.66. The van der Waals surface area contributed by atoms with E-state index in [0.717, 1.165) is 12.8 Å². The predicted molar refractivity (Wildman–Crippen MR) is 49.4 cm³/mol. The molecule has 1 heteroatoms. The van der Waals surface area contributed by atoms with Gasteiger partial charge in [-0.25, -0.2) is 0 Å². The van der Waals surface area contributed by atoms with Gasteiger partial charge in [0.25, 0.3) is 0 Å². The van der Waals surface area contributed by atoms with Crippen LogP contribution >= 0.6 is 0 Å². The second kappa shape index (κ2) is 6.17. The maximum absolute atomic E-state index is 9.44. The summed E-state index contributed by atoms with van der Waals surface area (Å²) in [6.07, 6.45) is 7.35. The Morgan fingerprint density at radius 2 is 2.18 bits per heavy atom. The zero-order valence-electron chi connectivity index (χ0n) is 7.46. The third kappa shape index (κ3) is 3.99. The first kappa shape index (κ1) is 10.4.